The molecule has 0 aliphatic rings. The number of hydrogen-bond donors (Lipinski definition) is 0. The standard InChI is InChI=1S/C14H13O2S/c1-11-8-9-14(12(2)10-11)17(15,16)13-6-4-3-5-7-13/h3-6,8-10H,1-2H3. The van der Waals surface area contributed by atoms with Gasteiger partial charge in [-0.3, -0.25) is 0 Å². The van der Waals surface area contributed by atoms with E-state index >= 15 is 0 Å². The summed E-state index contributed by atoms with van der Waals surface area (Å²) in [4.78, 5) is 0.567. The van der Waals surface area contributed by atoms with Crippen molar-refractivity contribution >= 4 is 9.84 Å². The summed E-state index contributed by atoms with van der Waals surface area (Å²) in [6.07, 6.45) is 0. The van der Waals surface area contributed by atoms with Crippen LogP contribution in [-0.4, -0.2) is 8.42 Å². The highest BCUT2D eigenvalue weighted by Gasteiger charge is 2.19. The summed E-state index contributed by atoms with van der Waals surface area (Å²) in [7, 11) is -3.44. The molecular formula is C14H13O2S. The smallest absolute Gasteiger partial charge is 0.207 e. The van der Waals surface area contributed by atoms with Gasteiger partial charge < -0.3 is 0 Å². The highest BCUT2D eigenvalue weighted by atomic mass is 32.2. The van der Waals surface area contributed by atoms with Crippen molar-refractivity contribution in [2.75, 3.05) is 0 Å². The van der Waals surface area contributed by atoms with Crippen LogP contribution in [0.25, 0.3) is 0 Å². The van der Waals surface area contributed by atoms with Crippen LogP contribution < -0.4 is 0 Å². The molecule has 87 valence electrons. The Kier molecular flexibility index (Phi) is 3.03. The molecule has 0 unspecified atom stereocenters. The molecule has 2 rings (SSSR count). The first-order chi connectivity index (χ1) is 8.01. The Bertz CT molecular complexity index is 629. The number of sulfone groups is 1. The van der Waals surface area contributed by atoms with Crippen molar-refractivity contribution in [2.24, 2.45) is 0 Å². The molecule has 0 fully saturated rings. The first-order valence-electron chi connectivity index (χ1n) is 5.31. The van der Waals surface area contributed by atoms with Crippen molar-refractivity contribution in [2.45, 2.75) is 23.6 Å². The van der Waals surface area contributed by atoms with Crippen LogP contribution in [0.3, 0.4) is 0 Å². The lowest BCUT2D eigenvalue weighted by Gasteiger charge is -2.08. The quantitative estimate of drug-likeness (QED) is 0.815. The molecule has 0 aromatic heterocycles. The maximum absolute atomic E-state index is 12.3. The first-order valence-corrected chi connectivity index (χ1v) is 6.79. The lowest BCUT2D eigenvalue weighted by molar-refractivity contribution is 0.595. The maximum atomic E-state index is 12.3. The van der Waals surface area contributed by atoms with Gasteiger partial charge in [0, 0.05) is 6.07 Å². The van der Waals surface area contributed by atoms with Gasteiger partial charge in [-0.1, -0.05) is 35.9 Å². The predicted molar refractivity (Wildman–Crippen MR) is 66.6 cm³/mol. The molecule has 0 aliphatic heterocycles. The summed E-state index contributed by atoms with van der Waals surface area (Å²) in [5.41, 5.74) is 1.82. The van der Waals surface area contributed by atoms with Gasteiger partial charge >= 0.3 is 0 Å². The molecule has 0 atom stereocenters. The molecule has 0 N–H and O–H groups in total. The topological polar surface area (TPSA) is 34.1 Å². The van der Waals surface area contributed by atoms with Crippen LogP contribution in [0.1, 0.15) is 11.1 Å². The molecule has 2 nitrogen and oxygen atoms in total. The van der Waals surface area contributed by atoms with E-state index in [4.69, 9.17) is 0 Å². The van der Waals surface area contributed by atoms with Crippen LogP contribution in [0.15, 0.2) is 52.3 Å². The van der Waals surface area contributed by atoms with E-state index in [0.717, 1.165) is 11.1 Å². The summed E-state index contributed by atoms with van der Waals surface area (Å²) in [6.45, 7) is 3.75. The van der Waals surface area contributed by atoms with E-state index in [9.17, 15) is 8.42 Å². The number of rotatable bonds is 2. The Morgan fingerprint density at radius 2 is 1.82 bits per heavy atom. The van der Waals surface area contributed by atoms with E-state index in [0.29, 0.717) is 4.90 Å². The fourth-order valence-electron chi connectivity index (χ4n) is 1.76. The summed E-state index contributed by atoms with van der Waals surface area (Å²) in [5.74, 6) is 0. The average molecular weight is 245 g/mol. The molecule has 17 heavy (non-hydrogen) atoms. The highest BCUT2D eigenvalue weighted by Crippen LogP contribution is 2.23. The third-order valence-corrected chi connectivity index (χ3v) is 4.46. The zero-order chi connectivity index (χ0) is 12.5. The fourth-order valence-corrected chi connectivity index (χ4v) is 3.21. The normalized spacial score (nSPS) is 11.4. The summed E-state index contributed by atoms with van der Waals surface area (Å²) in [5, 5.41) is 0. The Morgan fingerprint density at radius 3 is 2.41 bits per heavy atom. The molecule has 1 radical (unpaired) electrons. The van der Waals surface area contributed by atoms with Crippen LogP contribution >= 0.6 is 0 Å². The lowest BCUT2D eigenvalue weighted by Crippen LogP contribution is -2.04. The van der Waals surface area contributed by atoms with Gasteiger partial charge in [-0.15, -0.1) is 0 Å². The van der Waals surface area contributed by atoms with Gasteiger partial charge in [-0.25, -0.2) is 8.42 Å². The fraction of sp³-hybridized carbons (Fsp3) is 0.143. The third-order valence-electron chi connectivity index (χ3n) is 2.59. The van der Waals surface area contributed by atoms with Crippen LogP contribution in [0, 0.1) is 19.9 Å². The molecule has 0 amide bonds. The zero-order valence-electron chi connectivity index (χ0n) is 9.77. The van der Waals surface area contributed by atoms with E-state index < -0.39 is 9.84 Å². The molecular weight excluding hydrogens is 232 g/mol. The van der Waals surface area contributed by atoms with Gasteiger partial charge in [-0.2, -0.15) is 0 Å². The van der Waals surface area contributed by atoms with Crippen molar-refractivity contribution in [1.29, 1.82) is 0 Å². The molecule has 0 saturated carbocycles. The SMILES string of the molecule is Cc1ccc(S(=O)(=O)c2[c]cccc2)c(C)c1. The van der Waals surface area contributed by atoms with E-state index in [1.807, 2.05) is 26.0 Å². The van der Waals surface area contributed by atoms with Crippen LogP contribution in [0.2, 0.25) is 0 Å². The van der Waals surface area contributed by atoms with Gasteiger partial charge in [0.05, 0.1) is 9.79 Å². The summed E-state index contributed by atoms with van der Waals surface area (Å²) in [6, 6.07) is 14.7. The Morgan fingerprint density at radius 1 is 1.06 bits per heavy atom. The van der Waals surface area contributed by atoms with Crippen LogP contribution in [0.5, 0.6) is 0 Å². The third kappa shape index (κ3) is 2.24. The number of hydrogen-bond acceptors (Lipinski definition) is 2. The average Bonchev–Trinajstić information content (AvgIpc) is 2.29. The van der Waals surface area contributed by atoms with Gasteiger partial charge in [-0.05, 0) is 31.5 Å². The molecule has 2 aromatic rings. The molecule has 0 saturated heterocycles. The van der Waals surface area contributed by atoms with Crippen molar-refractivity contribution in [3.8, 4) is 0 Å². The molecule has 0 bridgehead atoms. The van der Waals surface area contributed by atoms with Crippen molar-refractivity contribution < 1.29 is 8.42 Å². The van der Waals surface area contributed by atoms with E-state index in [2.05, 4.69) is 6.07 Å². The molecule has 0 heterocycles. The second-order valence-electron chi connectivity index (χ2n) is 4.00. The monoisotopic (exact) mass is 245 g/mol. The first kappa shape index (κ1) is 11.9. The molecule has 3 heteroatoms. The Labute approximate surface area is 102 Å². The molecule has 2 aromatic carbocycles. The molecule has 0 spiro atoms. The maximum Gasteiger partial charge on any atom is 0.207 e. The molecule has 0 aliphatic carbocycles. The highest BCUT2D eigenvalue weighted by molar-refractivity contribution is 7.91. The van der Waals surface area contributed by atoms with Crippen LogP contribution in [0.4, 0.5) is 0 Å². The van der Waals surface area contributed by atoms with E-state index in [-0.39, 0.29) is 4.90 Å². The van der Waals surface area contributed by atoms with Crippen molar-refractivity contribution in [3.05, 3.63) is 59.7 Å². The Balaban J connectivity index is 2.61. The second kappa shape index (κ2) is 4.34. The zero-order valence-corrected chi connectivity index (χ0v) is 10.6. The minimum Gasteiger partial charge on any atom is -0.218 e. The largest absolute Gasteiger partial charge is 0.218 e. The second-order valence-corrected chi connectivity index (χ2v) is 5.89. The van der Waals surface area contributed by atoms with Crippen molar-refractivity contribution in [3.63, 3.8) is 0 Å². The van der Waals surface area contributed by atoms with Gasteiger partial charge in [0.25, 0.3) is 0 Å². The minimum atomic E-state index is -3.44. The Hall–Kier alpha value is -1.61. The lowest BCUT2D eigenvalue weighted by atomic mass is 10.2. The number of benzene rings is 2. The van der Waals surface area contributed by atoms with Gasteiger partial charge in [0.1, 0.15) is 0 Å². The van der Waals surface area contributed by atoms with Crippen molar-refractivity contribution in [1.82, 2.24) is 0 Å². The summed E-state index contributed by atoms with van der Waals surface area (Å²) < 4.78 is 24.7. The van der Waals surface area contributed by atoms with Crippen LogP contribution in [-0.2, 0) is 9.84 Å². The summed E-state index contributed by atoms with van der Waals surface area (Å²) >= 11 is 0. The van der Waals surface area contributed by atoms with E-state index in [1.54, 1.807) is 30.3 Å². The van der Waals surface area contributed by atoms with Gasteiger partial charge in [0.15, 0.2) is 0 Å². The van der Waals surface area contributed by atoms with Gasteiger partial charge in [0.2, 0.25) is 9.84 Å². The predicted octanol–water partition coefficient (Wildman–Crippen LogP) is 2.94. The minimum absolute atomic E-state index is 0.215. The number of aryl methyl sites for hydroxylation is 2. The van der Waals surface area contributed by atoms with E-state index in [1.165, 1.54) is 0 Å².